The van der Waals surface area contributed by atoms with Crippen LogP contribution in [-0.2, 0) is 5.75 Å². The van der Waals surface area contributed by atoms with Gasteiger partial charge in [-0.1, -0.05) is 0 Å². The molecule has 0 aliphatic heterocycles. The van der Waals surface area contributed by atoms with Crippen LogP contribution in [0.4, 0.5) is 0 Å². The fourth-order valence-corrected chi connectivity index (χ4v) is 0.815. The summed E-state index contributed by atoms with van der Waals surface area (Å²) in [5.41, 5.74) is 0. The summed E-state index contributed by atoms with van der Waals surface area (Å²) in [7, 11) is 0. The Balaban J connectivity index is 2.58. The highest BCUT2D eigenvalue weighted by Gasteiger charge is 2.04. The van der Waals surface area contributed by atoms with Crippen molar-refractivity contribution in [1.29, 1.82) is 0 Å². The highest BCUT2D eigenvalue weighted by atomic mass is 32.1. The average molecular weight is 173 g/mol. The van der Waals surface area contributed by atoms with Crippen molar-refractivity contribution in [1.82, 2.24) is 5.16 Å². The van der Waals surface area contributed by atoms with Crippen molar-refractivity contribution in [3.05, 3.63) is 11.8 Å². The van der Waals surface area contributed by atoms with Crippen LogP contribution in [0.25, 0.3) is 0 Å². The summed E-state index contributed by atoms with van der Waals surface area (Å²) in [5, 5.41) is 3.68. The van der Waals surface area contributed by atoms with E-state index >= 15 is 0 Å². The first kappa shape index (κ1) is 8.46. The van der Waals surface area contributed by atoms with Gasteiger partial charge in [-0.3, -0.25) is 0 Å². The van der Waals surface area contributed by atoms with E-state index in [-0.39, 0.29) is 6.10 Å². The molecule has 1 rings (SSSR count). The van der Waals surface area contributed by atoms with Crippen molar-refractivity contribution < 1.29 is 9.26 Å². The van der Waals surface area contributed by atoms with Gasteiger partial charge < -0.3 is 9.26 Å². The molecule has 1 heterocycles. The van der Waals surface area contributed by atoms with E-state index in [1.54, 1.807) is 6.07 Å². The third-order valence-corrected chi connectivity index (χ3v) is 1.36. The molecule has 0 aromatic carbocycles. The van der Waals surface area contributed by atoms with Gasteiger partial charge in [0.15, 0.2) is 0 Å². The summed E-state index contributed by atoms with van der Waals surface area (Å²) in [6.45, 7) is 3.88. The van der Waals surface area contributed by atoms with Gasteiger partial charge in [0.25, 0.3) is 5.88 Å². The van der Waals surface area contributed by atoms with Crippen LogP contribution in [-0.4, -0.2) is 11.3 Å². The van der Waals surface area contributed by atoms with Gasteiger partial charge in [-0.05, 0) is 19.0 Å². The topological polar surface area (TPSA) is 35.3 Å². The summed E-state index contributed by atoms with van der Waals surface area (Å²) < 4.78 is 10.1. The molecule has 4 heteroatoms. The number of nitrogens with zero attached hydrogens (tertiary/aromatic N) is 1. The minimum atomic E-state index is 0.132. The molecule has 1 aromatic rings. The Hall–Kier alpha value is -0.640. The maximum atomic E-state index is 5.26. The molecule has 0 bridgehead atoms. The molecule has 0 saturated heterocycles. The van der Waals surface area contributed by atoms with Gasteiger partial charge in [-0.15, -0.1) is 0 Å². The molecular weight excluding hydrogens is 162 g/mol. The van der Waals surface area contributed by atoms with Crippen LogP contribution < -0.4 is 4.74 Å². The van der Waals surface area contributed by atoms with Gasteiger partial charge in [0, 0.05) is 6.07 Å². The number of aromatic nitrogens is 1. The lowest BCUT2D eigenvalue weighted by molar-refractivity contribution is 0.217. The SMILES string of the molecule is CC(C)Oc1cc(CS)on1. The van der Waals surface area contributed by atoms with Gasteiger partial charge in [0.2, 0.25) is 0 Å². The second-order valence-electron chi connectivity index (χ2n) is 2.46. The lowest BCUT2D eigenvalue weighted by Gasteiger charge is -2.02. The summed E-state index contributed by atoms with van der Waals surface area (Å²) in [4.78, 5) is 0. The normalized spacial score (nSPS) is 10.5. The number of thiol groups is 1. The molecule has 0 N–H and O–H groups in total. The van der Waals surface area contributed by atoms with E-state index in [2.05, 4.69) is 17.8 Å². The number of hydrogen-bond acceptors (Lipinski definition) is 4. The van der Waals surface area contributed by atoms with Crippen LogP contribution in [0.1, 0.15) is 19.6 Å². The van der Waals surface area contributed by atoms with E-state index in [9.17, 15) is 0 Å². The van der Waals surface area contributed by atoms with E-state index in [4.69, 9.17) is 9.26 Å². The predicted octanol–water partition coefficient (Wildman–Crippen LogP) is 1.89. The molecule has 0 fully saturated rings. The van der Waals surface area contributed by atoms with Crippen molar-refractivity contribution >= 4 is 12.6 Å². The van der Waals surface area contributed by atoms with E-state index in [0.29, 0.717) is 11.6 Å². The molecule has 0 unspecified atom stereocenters. The Labute approximate surface area is 71.1 Å². The lowest BCUT2D eigenvalue weighted by Crippen LogP contribution is -2.05. The number of hydrogen-bond donors (Lipinski definition) is 1. The smallest absolute Gasteiger partial charge is 0.254 e. The molecular formula is C7H11NO2S. The molecule has 0 amide bonds. The second kappa shape index (κ2) is 3.67. The molecule has 1 aromatic heterocycles. The number of rotatable bonds is 3. The van der Waals surface area contributed by atoms with E-state index < -0.39 is 0 Å². The molecule has 62 valence electrons. The predicted molar refractivity (Wildman–Crippen MR) is 45.0 cm³/mol. The highest BCUT2D eigenvalue weighted by molar-refractivity contribution is 7.79. The Kier molecular flexibility index (Phi) is 2.82. The standard InChI is InChI=1S/C7H11NO2S/c1-5(2)9-7-3-6(4-11)10-8-7/h3,5,11H,4H2,1-2H3. The minimum absolute atomic E-state index is 0.132. The zero-order valence-electron chi connectivity index (χ0n) is 6.57. The molecule has 0 aliphatic carbocycles. The van der Waals surface area contributed by atoms with Crippen LogP contribution in [0.3, 0.4) is 0 Å². The number of ether oxygens (including phenoxy) is 1. The third-order valence-electron chi connectivity index (χ3n) is 1.05. The highest BCUT2D eigenvalue weighted by Crippen LogP contribution is 2.13. The van der Waals surface area contributed by atoms with Crippen LogP contribution in [0.2, 0.25) is 0 Å². The molecule has 0 radical (unpaired) electrons. The van der Waals surface area contributed by atoms with Gasteiger partial charge in [-0.2, -0.15) is 12.6 Å². The summed E-state index contributed by atoms with van der Waals surface area (Å²) in [6, 6.07) is 1.74. The van der Waals surface area contributed by atoms with Crippen molar-refractivity contribution in [2.24, 2.45) is 0 Å². The fraction of sp³-hybridized carbons (Fsp3) is 0.571. The Morgan fingerprint density at radius 3 is 2.91 bits per heavy atom. The summed E-state index contributed by atoms with van der Waals surface area (Å²) in [6.07, 6.45) is 0.132. The van der Waals surface area contributed by atoms with Crippen LogP contribution in [0, 0.1) is 0 Å². The Bertz CT molecular complexity index is 222. The van der Waals surface area contributed by atoms with Crippen LogP contribution in [0.15, 0.2) is 10.6 Å². The maximum Gasteiger partial charge on any atom is 0.254 e. The van der Waals surface area contributed by atoms with Crippen molar-refractivity contribution in [3.63, 3.8) is 0 Å². The largest absolute Gasteiger partial charge is 0.473 e. The zero-order chi connectivity index (χ0) is 8.27. The van der Waals surface area contributed by atoms with E-state index in [1.165, 1.54) is 0 Å². The van der Waals surface area contributed by atoms with Gasteiger partial charge >= 0.3 is 0 Å². The van der Waals surface area contributed by atoms with Gasteiger partial charge in [0.1, 0.15) is 5.76 Å². The molecule has 3 nitrogen and oxygen atoms in total. The first-order valence-electron chi connectivity index (χ1n) is 3.45. The second-order valence-corrected chi connectivity index (χ2v) is 2.77. The summed E-state index contributed by atoms with van der Waals surface area (Å²) >= 11 is 4.02. The molecule has 0 atom stereocenters. The first-order valence-corrected chi connectivity index (χ1v) is 4.08. The molecule has 0 saturated carbocycles. The molecule has 11 heavy (non-hydrogen) atoms. The minimum Gasteiger partial charge on any atom is -0.473 e. The van der Waals surface area contributed by atoms with Gasteiger partial charge in [-0.25, -0.2) is 0 Å². The van der Waals surface area contributed by atoms with Crippen molar-refractivity contribution in [2.45, 2.75) is 25.7 Å². The van der Waals surface area contributed by atoms with Crippen LogP contribution in [0.5, 0.6) is 5.88 Å². The zero-order valence-corrected chi connectivity index (χ0v) is 7.47. The van der Waals surface area contributed by atoms with E-state index in [1.807, 2.05) is 13.8 Å². The Morgan fingerprint density at radius 2 is 2.45 bits per heavy atom. The summed E-state index contributed by atoms with van der Waals surface area (Å²) in [5.74, 6) is 1.81. The molecule has 0 spiro atoms. The monoisotopic (exact) mass is 173 g/mol. The van der Waals surface area contributed by atoms with E-state index in [0.717, 1.165) is 5.76 Å². The first-order chi connectivity index (χ1) is 5.22. The van der Waals surface area contributed by atoms with Crippen LogP contribution >= 0.6 is 12.6 Å². The maximum absolute atomic E-state index is 5.26. The molecule has 0 aliphatic rings. The quantitative estimate of drug-likeness (QED) is 0.709. The van der Waals surface area contributed by atoms with Crippen molar-refractivity contribution in [3.8, 4) is 5.88 Å². The lowest BCUT2D eigenvalue weighted by atomic mass is 10.4. The van der Waals surface area contributed by atoms with Crippen molar-refractivity contribution in [2.75, 3.05) is 0 Å². The Morgan fingerprint density at radius 1 is 1.73 bits per heavy atom. The fourth-order valence-electron chi connectivity index (χ4n) is 0.666. The van der Waals surface area contributed by atoms with Gasteiger partial charge in [0.05, 0.1) is 11.9 Å². The average Bonchev–Trinajstić information content (AvgIpc) is 2.34. The third kappa shape index (κ3) is 2.46.